The second-order valence-electron chi connectivity index (χ2n) is 7.61. The number of ether oxygens (including phenoxy) is 2. The van der Waals surface area contributed by atoms with E-state index in [9.17, 15) is 14.7 Å². The van der Waals surface area contributed by atoms with Gasteiger partial charge in [0.1, 0.15) is 11.2 Å². The minimum atomic E-state index is -1.12. The number of hydrogen-bond donors (Lipinski definition) is 1. The molecule has 156 valence electrons. The normalized spacial score (nSPS) is 15.2. The molecule has 1 aliphatic rings. The molecule has 28 heavy (non-hydrogen) atoms. The number of carboxylic acids is 1. The SMILES string of the molecule is CCOc1nc(N(CC)C2CCN(C(=O)OC(C)(C)C)CC2)ncc1C(=O)O. The molecule has 1 aromatic heterocycles. The predicted octanol–water partition coefficient (Wildman–Crippen LogP) is 2.80. The summed E-state index contributed by atoms with van der Waals surface area (Å²) >= 11 is 0. The first kappa shape index (κ1) is 21.7. The number of piperidine rings is 1. The first-order valence-electron chi connectivity index (χ1n) is 9.64. The van der Waals surface area contributed by atoms with E-state index in [2.05, 4.69) is 9.97 Å². The lowest BCUT2D eigenvalue weighted by Crippen LogP contribution is -2.48. The van der Waals surface area contributed by atoms with Gasteiger partial charge in [-0.25, -0.2) is 14.6 Å². The predicted molar refractivity (Wildman–Crippen MR) is 104 cm³/mol. The summed E-state index contributed by atoms with van der Waals surface area (Å²) in [7, 11) is 0. The second-order valence-corrected chi connectivity index (χ2v) is 7.61. The van der Waals surface area contributed by atoms with Crippen LogP contribution in [0.2, 0.25) is 0 Å². The molecule has 1 aliphatic heterocycles. The average Bonchev–Trinajstić information content (AvgIpc) is 2.62. The molecule has 1 aromatic rings. The smallest absolute Gasteiger partial charge is 0.410 e. The zero-order valence-electron chi connectivity index (χ0n) is 17.3. The van der Waals surface area contributed by atoms with Crippen molar-refractivity contribution in [3.05, 3.63) is 11.8 Å². The van der Waals surface area contributed by atoms with Crippen LogP contribution in [0.5, 0.6) is 5.88 Å². The molecule has 2 heterocycles. The summed E-state index contributed by atoms with van der Waals surface area (Å²) in [6.45, 7) is 11.5. The van der Waals surface area contributed by atoms with Crippen molar-refractivity contribution in [2.24, 2.45) is 0 Å². The van der Waals surface area contributed by atoms with Crippen molar-refractivity contribution in [3.8, 4) is 5.88 Å². The van der Waals surface area contributed by atoms with E-state index < -0.39 is 11.6 Å². The Morgan fingerprint density at radius 2 is 1.93 bits per heavy atom. The summed E-state index contributed by atoms with van der Waals surface area (Å²) in [5.41, 5.74) is -0.569. The van der Waals surface area contributed by atoms with Gasteiger partial charge in [0.05, 0.1) is 12.8 Å². The quantitative estimate of drug-likeness (QED) is 0.785. The molecular formula is C19H30N4O5. The Hall–Kier alpha value is -2.58. The molecule has 0 aliphatic carbocycles. The number of nitrogens with zero attached hydrogens (tertiary/aromatic N) is 4. The Morgan fingerprint density at radius 3 is 2.43 bits per heavy atom. The summed E-state index contributed by atoms with van der Waals surface area (Å²) < 4.78 is 10.8. The first-order chi connectivity index (χ1) is 13.2. The van der Waals surface area contributed by atoms with E-state index in [1.54, 1.807) is 11.8 Å². The topological polar surface area (TPSA) is 105 Å². The molecule has 0 saturated carbocycles. The van der Waals surface area contributed by atoms with Crippen LogP contribution >= 0.6 is 0 Å². The number of amides is 1. The van der Waals surface area contributed by atoms with Gasteiger partial charge < -0.3 is 24.4 Å². The zero-order chi connectivity index (χ0) is 20.9. The number of aromatic carboxylic acids is 1. The zero-order valence-corrected chi connectivity index (χ0v) is 17.3. The fourth-order valence-corrected chi connectivity index (χ4v) is 3.14. The van der Waals surface area contributed by atoms with E-state index in [4.69, 9.17) is 9.47 Å². The van der Waals surface area contributed by atoms with Crippen LogP contribution in [0.1, 0.15) is 57.8 Å². The van der Waals surface area contributed by atoms with Crippen LogP contribution in [0.25, 0.3) is 0 Å². The van der Waals surface area contributed by atoms with Crippen LogP contribution in [0.4, 0.5) is 10.7 Å². The molecule has 1 N–H and O–H groups in total. The fourth-order valence-electron chi connectivity index (χ4n) is 3.14. The maximum atomic E-state index is 12.2. The van der Waals surface area contributed by atoms with Crippen molar-refractivity contribution in [1.82, 2.24) is 14.9 Å². The monoisotopic (exact) mass is 394 g/mol. The Kier molecular flexibility index (Phi) is 7.04. The molecule has 0 bridgehead atoms. The van der Waals surface area contributed by atoms with Crippen LogP contribution in [-0.2, 0) is 4.74 Å². The standard InChI is InChI=1S/C19H30N4O5/c1-6-23(17-20-12-14(16(24)25)15(21-17)27-7-2)13-8-10-22(11-9-13)18(26)28-19(3,4)5/h12-13H,6-11H2,1-5H3,(H,24,25). The molecular weight excluding hydrogens is 364 g/mol. The lowest BCUT2D eigenvalue weighted by Gasteiger charge is -2.38. The van der Waals surface area contributed by atoms with Crippen LogP contribution in [0.3, 0.4) is 0 Å². The Labute approximate surface area is 165 Å². The highest BCUT2D eigenvalue weighted by Crippen LogP contribution is 2.25. The third-order valence-electron chi connectivity index (χ3n) is 4.41. The van der Waals surface area contributed by atoms with Gasteiger partial charge in [-0.15, -0.1) is 0 Å². The van der Waals surface area contributed by atoms with Crippen molar-refractivity contribution < 1.29 is 24.2 Å². The molecule has 1 amide bonds. The minimum Gasteiger partial charge on any atom is -0.477 e. The van der Waals surface area contributed by atoms with Gasteiger partial charge in [-0.05, 0) is 47.5 Å². The minimum absolute atomic E-state index is 0.0543. The number of likely N-dealkylation sites (tertiary alicyclic amines) is 1. The molecule has 9 nitrogen and oxygen atoms in total. The Balaban J connectivity index is 2.09. The van der Waals surface area contributed by atoms with Crippen LogP contribution < -0.4 is 9.64 Å². The van der Waals surface area contributed by atoms with E-state index in [1.165, 1.54) is 6.20 Å². The molecule has 2 rings (SSSR count). The maximum absolute atomic E-state index is 12.2. The van der Waals surface area contributed by atoms with Crippen molar-refractivity contribution in [2.45, 2.75) is 59.1 Å². The molecule has 1 fully saturated rings. The summed E-state index contributed by atoms with van der Waals surface area (Å²) in [5, 5.41) is 9.27. The number of anilines is 1. The van der Waals surface area contributed by atoms with E-state index in [1.807, 2.05) is 32.6 Å². The van der Waals surface area contributed by atoms with E-state index in [0.717, 1.165) is 12.8 Å². The molecule has 1 saturated heterocycles. The molecule has 0 radical (unpaired) electrons. The third kappa shape index (κ3) is 5.46. The lowest BCUT2D eigenvalue weighted by molar-refractivity contribution is 0.0204. The Bertz CT molecular complexity index is 696. The number of carbonyl (C=O) groups excluding carboxylic acids is 1. The third-order valence-corrected chi connectivity index (χ3v) is 4.41. The number of carbonyl (C=O) groups is 2. The lowest BCUT2D eigenvalue weighted by atomic mass is 10.0. The highest BCUT2D eigenvalue weighted by molar-refractivity contribution is 5.89. The highest BCUT2D eigenvalue weighted by atomic mass is 16.6. The Morgan fingerprint density at radius 1 is 1.29 bits per heavy atom. The van der Waals surface area contributed by atoms with Crippen molar-refractivity contribution in [1.29, 1.82) is 0 Å². The number of hydrogen-bond acceptors (Lipinski definition) is 7. The maximum Gasteiger partial charge on any atom is 0.410 e. The molecule has 0 aromatic carbocycles. The fraction of sp³-hybridized carbons (Fsp3) is 0.684. The number of carboxylic acid groups (broad SMARTS) is 1. The van der Waals surface area contributed by atoms with Gasteiger partial charge in [-0.2, -0.15) is 4.98 Å². The van der Waals surface area contributed by atoms with Crippen LogP contribution in [0.15, 0.2) is 6.20 Å². The van der Waals surface area contributed by atoms with E-state index in [0.29, 0.717) is 32.2 Å². The van der Waals surface area contributed by atoms with Crippen molar-refractivity contribution in [3.63, 3.8) is 0 Å². The molecule has 9 heteroatoms. The molecule has 0 spiro atoms. The van der Waals surface area contributed by atoms with Gasteiger partial charge in [0.25, 0.3) is 0 Å². The van der Waals surface area contributed by atoms with Gasteiger partial charge in [0.2, 0.25) is 11.8 Å². The van der Waals surface area contributed by atoms with E-state index in [-0.39, 0.29) is 23.6 Å². The number of rotatable bonds is 6. The van der Waals surface area contributed by atoms with Gasteiger partial charge in [-0.1, -0.05) is 0 Å². The van der Waals surface area contributed by atoms with Gasteiger partial charge in [-0.3, -0.25) is 0 Å². The van der Waals surface area contributed by atoms with Crippen molar-refractivity contribution >= 4 is 18.0 Å². The van der Waals surface area contributed by atoms with Gasteiger partial charge in [0.15, 0.2) is 0 Å². The second kappa shape index (κ2) is 9.07. The van der Waals surface area contributed by atoms with Crippen LogP contribution in [-0.4, -0.2) is 69.9 Å². The summed E-state index contributed by atoms with van der Waals surface area (Å²) in [6, 6.07) is 0.147. The van der Waals surface area contributed by atoms with Gasteiger partial charge in [0, 0.05) is 25.7 Å². The van der Waals surface area contributed by atoms with Gasteiger partial charge >= 0.3 is 12.1 Å². The first-order valence-corrected chi connectivity index (χ1v) is 9.64. The summed E-state index contributed by atoms with van der Waals surface area (Å²) in [6.07, 6.45) is 2.49. The molecule has 0 atom stereocenters. The molecule has 0 unspecified atom stereocenters. The van der Waals surface area contributed by atoms with E-state index >= 15 is 0 Å². The summed E-state index contributed by atoms with van der Waals surface area (Å²) in [4.78, 5) is 35.9. The largest absolute Gasteiger partial charge is 0.477 e. The number of aromatic nitrogens is 2. The summed E-state index contributed by atoms with van der Waals surface area (Å²) in [5.74, 6) is -0.611. The highest BCUT2D eigenvalue weighted by Gasteiger charge is 2.30. The van der Waals surface area contributed by atoms with Crippen molar-refractivity contribution in [2.75, 3.05) is 31.1 Å². The average molecular weight is 394 g/mol. The van der Waals surface area contributed by atoms with Crippen LogP contribution in [0, 0.1) is 0 Å².